The average molecular weight is 524 g/mol. The second-order valence-electron chi connectivity index (χ2n) is 11.5. The van der Waals surface area contributed by atoms with Gasteiger partial charge in [0.25, 0.3) is 0 Å². The van der Waals surface area contributed by atoms with Crippen molar-refractivity contribution in [3.63, 3.8) is 0 Å². The quantitative estimate of drug-likeness (QED) is 0.463. The molecule has 1 aliphatic carbocycles. The number of aromatic nitrogens is 2. The van der Waals surface area contributed by atoms with Crippen molar-refractivity contribution in [2.75, 3.05) is 44.8 Å². The van der Waals surface area contributed by atoms with Crippen LogP contribution >= 0.6 is 11.6 Å². The maximum absolute atomic E-state index is 9.74. The Kier molecular flexibility index (Phi) is 8.31. The van der Waals surface area contributed by atoms with E-state index in [4.69, 9.17) is 26.1 Å². The molecule has 0 unspecified atom stereocenters. The summed E-state index contributed by atoms with van der Waals surface area (Å²) < 4.78 is 10.8. The number of nitrogens with one attached hydrogen (secondary N) is 2. The van der Waals surface area contributed by atoms with Crippen molar-refractivity contribution in [1.82, 2.24) is 15.3 Å². The first kappa shape index (κ1) is 26.4. The molecule has 4 heterocycles. The fourth-order valence-corrected chi connectivity index (χ4v) is 5.83. The van der Waals surface area contributed by atoms with Crippen LogP contribution in [0.5, 0.6) is 0 Å². The number of rotatable bonds is 9. The molecular weight excluding hydrogens is 486 g/mol. The van der Waals surface area contributed by atoms with Crippen molar-refractivity contribution in [3.05, 3.63) is 41.2 Å². The van der Waals surface area contributed by atoms with Gasteiger partial charge in [-0.1, -0.05) is 24.6 Å². The van der Waals surface area contributed by atoms with Gasteiger partial charge in [-0.2, -0.15) is 5.26 Å². The molecule has 0 atom stereocenters. The second-order valence-corrected chi connectivity index (χ2v) is 11.9. The molecule has 1 saturated carbocycles. The van der Waals surface area contributed by atoms with Crippen LogP contribution in [0.2, 0.25) is 5.02 Å². The van der Waals surface area contributed by atoms with Gasteiger partial charge in [0.15, 0.2) is 0 Å². The van der Waals surface area contributed by atoms with E-state index in [0.29, 0.717) is 42.2 Å². The molecule has 2 N–H and O–H groups in total. The van der Waals surface area contributed by atoms with Gasteiger partial charge in [0.1, 0.15) is 5.82 Å². The summed E-state index contributed by atoms with van der Waals surface area (Å²) in [5.41, 5.74) is 2.71. The van der Waals surface area contributed by atoms with Crippen molar-refractivity contribution in [1.29, 1.82) is 5.26 Å². The lowest BCUT2D eigenvalue weighted by Crippen LogP contribution is -2.50. The molecule has 37 heavy (non-hydrogen) atoms. The van der Waals surface area contributed by atoms with Crippen LogP contribution in [0.3, 0.4) is 0 Å². The second kappa shape index (κ2) is 11.7. The van der Waals surface area contributed by atoms with E-state index in [9.17, 15) is 5.26 Å². The first-order valence-corrected chi connectivity index (χ1v) is 14.0. The number of pyridine rings is 2. The van der Waals surface area contributed by atoms with Gasteiger partial charge >= 0.3 is 0 Å². The lowest BCUT2D eigenvalue weighted by atomic mass is 9.82. The minimum Gasteiger partial charge on any atom is -0.381 e. The number of hydrogen-bond acceptors (Lipinski definition) is 7. The molecule has 3 fully saturated rings. The summed E-state index contributed by atoms with van der Waals surface area (Å²) in [5.74, 6) is 1.39. The normalized spacial score (nSPS) is 24.6. The number of halogens is 1. The van der Waals surface area contributed by atoms with Crippen LogP contribution in [0, 0.1) is 28.1 Å². The standard InChI is InChI=1S/C29H38ClN5O2/c1-28(19-37-20-28)17-33-22-7-5-21(6-8-22)13-23-14-24(25(30)15-32-23)26-3-2-4-27(35-26)34-18-29(16-31)9-11-36-12-10-29/h2-4,14-15,21-22,33H,5-13,17-20H2,1H3,(H,34,35). The maximum Gasteiger partial charge on any atom is 0.126 e. The topological polar surface area (TPSA) is 92.1 Å². The summed E-state index contributed by atoms with van der Waals surface area (Å²) in [6.45, 7) is 6.93. The first-order valence-electron chi connectivity index (χ1n) is 13.6. The van der Waals surface area contributed by atoms with Crippen LogP contribution in [-0.4, -0.2) is 55.5 Å². The predicted octanol–water partition coefficient (Wildman–Crippen LogP) is 5.26. The molecule has 7 nitrogen and oxygen atoms in total. The van der Waals surface area contributed by atoms with Crippen LogP contribution in [0.4, 0.5) is 5.82 Å². The Labute approximate surface area is 225 Å². The van der Waals surface area contributed by atoms with Crippen LogP contribution in [0.25, 0.3) is 11.3 Å². The molecule has 2 aromatic heterocycles. The summed E-state index contributed by atoms with van der Waals surface area (Å²) in [6, 6.07) is 11.1. The summed E-state index contributed by atoms with van der Waals surface area (Å²) in [6.07, 6.45) is 9.06. The van der Waals surface area contributed by atoms with Gasteiger partial charge in [0.2, 0.25) is 0 Å². The van der Waals surface area contributed by atoms with Crippen LogP contribution < -0.4 is 10.6 Å². The smallest absolute Gasteiger partial charge is 0.126 e. The summed E-state index contributed by atoms with van der Waals surface area (Å²) in [4.78, 5) is 9.47. The Balaban J connectivity index is 1.18. The number of hydrogen-bond donors (Lipinski definition) is 2. The van der Waals surface area contributed by atoms with Crippen LogP contribution in [-0.2, 0) is 15.9 Å². The van der Waals surface area contributed by atoms with E-state index in [0.717, 1.165) is 61.8 Å². The van der Waals surface area contributed by atoms with E-state index in [1.165, 1.54) is 25.7 Å². The molecule has 5 rings (SSSR count). The molecule has 0 amide bonds. The molecule has 3 aliphatic rings. The monoisotopic (exact) mass is 523 g/mol. The van der Waals surface area contributed by atoms with E-state index in [-0.39, 0.29) is 0 Å². The first-order chi connectivity index (χ1) is 18.0. The highest BCUT2D eigenvalue weighted by Gasteiger charge is 2.34. The number of ether oxygens (including phenoxy) is 2. The fraction of sp³-hybridized carbons (Fsp3) is 0.621. The molecule has 0 aromatic carbocycles. The Morgan fingerprint density at radius 3 is 2.59 bits per heavy atom. The molecule has 0 spiro atoms. The lowest BCUT2D eigenvalue weighted by molar-refractivity contribution is -0.100. The highest BCUT2D eigenvalue weighted by molar-refractivity contribution is 6.33. The lowest BCUT2D eigenvalue weighted by Gasteiger charge is -2.40. The molecule has 2 aliphatic heterocycles. The Bertz CT molecular complexity index is 1100. The third-order valence-corrected chi connectivity index (χ3v) is 8.60. The van der Waals surface area contributed by atoms with Gasteiger partial charge in [0, 0.05) is 55.2 Å². The van der Waals surface area contributed by atoms with Crippen molar-refractivity contribution >= 4 is 17.4 Å². The Morgan fingerprint density at radius 1 is 1.11 bits per heavy atom. The van der Waals surface area contributed by atoms with Crippen LogP contribution in [0.15, 0.2) is 30.5 Å². The third-order valence-electron chi connectivity index (χ3n) is 8.30. The van der Waals surface area contributed by atoms with Crippen molar-refractivity contribution < 1.29 is 9.47 Å². The van der Waals surface area contributed by atoms with E-state index in [2.05, 4.69) is 34.7 Å². The van der Waals surface area contributed by atoms with E-state index in [1.807, 2.05) is 18.2 Å². The maximum atomic E-state index is 9.74. The molecule has 0 bridgehead atoms. The minimum absolute atomic E-state index is 0.323. The fourth-order valence-electron chi connectivity index (χ4n) is 5.63. The van der Waals surface area contributed by atoms with Crippen LogP contribution in [0.1, 0.15) is 51.1 Å². The van der Waals surface area contributed by atoms with Gasteiger partial charge < -0.3 is 20.1 Å². The Morgan fingerprint density at radius 2 is 1.89 bits per heavy atom. The highest BCUT2D eigenvalue weighted by Crippen LogP contribution is 2.33. The zero-order valence-electron chi connectivity index (χ0n) is 21.8. The zero-order chi connectivity index (χ0) is 25.7. The number of nitriles is 1. The highest BCUT2D eigenvalue weighted by atomic mass is 35.5. The SMILES string of the molecule is CC1(CNC2CCC(Cc3cc(-c4cccc(NCC5(C#N)CCOCC5)n4)c(Cl)cn3)CC2)COC1. The van der Waals surface area contributed by atoms with Gasteiger partial charge in [-0.3, -0.25) is 4.98 Å². The largest absolute Gasteiger partial charge is 0.381 e. The molecule has 0 radical (unpaired) electrons. The van der Waals surface area contributed by atoms with E-state index >= 15 is 0 Å². The van der Waals surface area contributed by atoms with E-state index < -0.39 is 5.41 Å². The summed E-state index contributed by atoms with van der Waals surface area (Å²) in [7, 11) is 0. The van der Waals surface area contributed by atoms with Gasteiger partial charge in [0.05, 0.1) is 35.4 Å². The van der Waals surface area contributed by atoms with Gasteiger partial charge in [-0.15, -0.1) is 0 Å². The van der Waals surface area contributed by atoms with Gasteiger partial charge in [-0.05, 0) is 69.1 Å². The number of nitrogens with zero attached hydrogens (tertiary/aromatic N) is 3. The molecule has 198 valence electrons. The molecule has 8 heteroatoms. The molecule has 2 saturated heterocycles. The Hall–Kier alpha value is -2.24. The minimum atomic E-state index is -0.407. The number of anilines is 1. The zero-order valence-corrected chi connectivity index (χ0v) is 22.5. The summed E-state index contributed by atoms with van der Waals surface area (Å²) >= 11 is 6.58. The van der Waals surface area contributed by atoms with Crippen molar-refractivity contribution in [2.45, 2.75) is 57.9 Å². The van der Waals surface area contributed by atoms with Crippen molar-refractivity contribution in [3.8, 4) is 17.3 Å². The molecular formula is C29H38ClN5O2. The average Bonchev–Trinajstić information content (AvgIpc) is 2.92. The third kappa shape index (κ3) is 6.61. The predicted molar refractivity (Wildman–Crippen MR) is 145 cm³/mol. The van der Waals surface area contributed by atoms with E-state index in [1.54, 1.807) is 6.20 Å². The molecule has 2 aromatic rings. The van der Waals surface area contributed by atoms with Gasteiger partial charge in [-0.25, -0.2) is 4.98 Å². The summed E-state index contributed by atoms with van der Waals surface area (Å²) in [5, 5.41) is 17.5. The van der Waals surface area contributed by atoms with Crippen molar-refractivity contribution in [2.24, 2.45) is 16.7 Å².